The van der Waals surface area contributed by atoms with Gasteiger partial charge in [-0.2, -0.15) is 0 Å². The fourth-order valence-electron chi connectivity index (χ4n) is 10.3. The zero-order valence-electron chi connectivity index (χ0n) is 40.5. The van der Waals surface area contributed by atoms with Gasteiger partial charge in [-0.1, -0.05) is 64.1 Å². The highest BCUT2D eigenvalue weighted by atomic mass is 32.1. The van der Waals surface area contributed by atoms with Gasteiger partial charge >= 0.3 is 0 Å². The Hall–Kier alpha value is -5.62. The highest BCUT2D eigenvalue weighted by Crippen LogP contribution is 2.39. The van der Waals surface area contributed by atoms with Crippen LogP contribution in [0.4, 0.5) is 11.5 Å². The van der Waals surface area contributed by atoms with Crippen molar-refractivity contribution < 1.29 is 29.1 Å². The first-order chi connectivity index (χ1) is 32.9. The summed E-state index contributed by atoms with van der Waals surface area (Å²) in [5.41, 5.74) is 7.29. The molecular weight excluding hydrogens is 881 g/mol. The monoisotopic (exact) mass is 949 g/mol. The molecule has 0 saturated carbocycles. The molecular formula is C51H68N10O6S. The predicted molar refractivity (Wildman–Crippen MR) is 265 cm³/mol. The molecule has 2 aromatic carbocycles. The number of piperazine rings is 1. The van der Waals surface area contributed by atoms with Crippen LogP contribution in [0.1, 0.15) is 82.9 Å². The minimum absolute atomic E-state index is 0.0645. The molecule has 16 nitrogen and oxygen atoms in total. The number of phenols is 1. The Kier molecular flexibility index (Phi) is 15.6. The van der Waals surface area contributed by atoms with Gasteiger partial charge in [0, 0.05) is 70.9 Å². The van der Waals surface area contributed by atoms with E-state index in [0.29, 0.717) is 41.5 Å². The molecule has 4 aliphatic heterocycles. The minimum atomic E-state index is -0.817. The lowest BCUT2D eigenvalue weighted by Crippen LogP contribution is -2.60. The number of carbonyl (C=O) groups is 2. The Balaban J connectivity index is 0.00000308. The van der Waals surface area contributed by atoms with Crippen molar-refractivity contribution in [2.24, 2.45) is 11.8 Å². The second-order valence-electron chi connectivity index (χ2n) is 18.9. The van der Waals surface area contributed by atoms with Crippen LogP contribution in [0.2, 0.25) is 0 Å². The third-order valence-electron chi connectivity index (χ3n) is 13.9. The summed E-state index contributed by atoms with van der Waals surface area (Å²) in [6.07, 6.45) is 1.60. The second-order valence-corrected chi connectivity index (χ2v) is 19.7. The number of phenolic OH excluding ortho intramolecular Hbond substituents is 1. The Morgan fingerprint density at radius 3 is 2.44 bits per heavy atom. The summed E-state index contributed by atoms with van der Waals surface area (Å²) in [6, 6.07) is 18.3. The van der Waals surface area contributed by atoms with Gasteiger partial charge in [0.1, 0.15) is 24.3 Å². The van der Waals surface area contributed by atoms with Crippen LogP contribution in [0.3, 0.4) is 0 Å². The summed E-state index contributed by atoms with van der Waals surface area (Å²) >= 11 is 1.60. The van der Waals surface area contributed by atoms with E-state index >= 15 is 0 Å². The van der Waals surface area contributed by atoms with Crippen molar-refractivity contribution in [3.8, 4) is 33.3 Å². The molecule has 3 aromatic heterocycles. The molecule has 0 aliphatic carbocycles. The topological polar surface area (TPSA) is 177 Å². The molecule has 3 N–H and O–H groups in total. The average molecular weight is 949 g/mol. The number of aromatic hydroxyl groups is 1. The molecule has 2 amide bonds. The van der Waals surface area contributed by atoms with E-state index in [1.807, 2.05) is 89.5 Å². The number of ether oxygens (including phenoxy) is 1. The second kappa shape index (κ2) is 21.8. The van der Waals surface area contributed by atoms with Crippen molar-refractivity contribution in [3.05, 3.63) is 83.2 Å². The zero-order valence-corrected chi connectivity index (χ0v) is 41.4. The summed E-state index contributed by atoms with van der Waals surface area (Å²) in [5, 5.41) is 37.5. The molecule has 0 bridgehead atoms. The van der Waals surface area contributed by atoms with Crippen molar-refractivity contribution in [2.45, 2.75) is 91.0 Å². The summed E-state index contributed by atoms with van der Waals surface area (Å²) in [7, 11) is 2.09. The van der Waals surface area contributed by atoms with Crippen LogP contribution in [-0.2, 0) is 9.59 Å². The number of aliphatic hydroxyl groups excluding tert-OH is 1. The van der Waals surface area contributed by atoms with Crippen LogP contribution in [0.25, 0.3) is 21.7 Å². The first-order valence-corrected chi connectivity index (χ1v) is 25.3. The number of anilines is 2. The van der Waals surface area contributed by atoms with Crippen molar-refractivity contribution in [1.82, 2.24) is 40.4 Å². The molecule has 9 rings (SSSR count). The first-order valence-electron chi connectivity index (χ1n) is 24.4. The van der Waals surface area contributed by atoms with Crippen molar-refractivity contribution in [1.29, 1.82) is 0 Å². The maximum atomic E-state index is 14.2. The van der Waals surface area contributed by atoms with Gasteiger partial charge < -0.3 is 39.5 Å². The Morgan fingerprint density at radius 2 is 1.72 bits per heavy atom. The van der Waals surface area contributed by atoms with E-state index in [9.17, 15) is 19.8 Å². The van der Waals surface area contributed by atoms with Gasteiger partial charge in [-0.05, 0) is 86.1 Å². The number of nitrogens with zero attached hydrogens (tertiary/aromatic N) is 9. The lowest BCUT2D eigenvalue weighted by Gasteiger charge is -2.49. The lowest BCUT2D eigenvalue weighted by atomic mass is 9.91. The SMILES string of the molecule is CC.Cc1ncsc1-c1ccc(C(C)NC(=O)C2CC(O)CN2C(=O)C(c2cc(OCCN3CCC(CN4CCN5c6cc(-c7ccccc7O)nnc6N(C)CC5C4)CC3)no2)C(C)C)cc1. The summed E-state index contributed by atoms with van der Waals surface area (Å²) in [5.74, 6) is 0.983. The number of β-amino-alcohol motifs (C(OH)–C–C–N with tert-alkyl or cyclic N) is 1. The molecule has 364 valence electrons. The number of aryl methyl sites for hydroxylation is 1. The van der Waals surface area contributed by atoms with Gasteiger partial charge in [-0.25, -0.2) is 4.98 Å². The third kappa shape index (κ3) is 10.8. The normalized spacial score (nSPS) is 20.9. The first kappa shape index (κ1) is 48.8. The van der Waals surface area contributed by atoms with Gasteiger partial charge in [-0.15, -0.1) is 21.5 Å². The molecule has 5 atom stereocenters. The minimum Gasteiger partial charge on any atom is -0.507 e. The number of para-hydroxylation sites is 1. The molecule has 68 heavy (non-hydrogen) atoms. The van der Waals surface area contributed by atoms with E-state index in [2.05, 4.69) is 58.4 Å². The number of benzene rings is 2. The summed E-state index contributed by atoms with van der Waals surface area (Å²) in [6.45, 7) is 20.0. The number of aliphatic hydroxyl groups is 1. The number of hydrogen-bond donors (Lipinski definition) is 3. The van der Waals surface area contributed by atoms with Gasteiger partial charge in [0.15, 0.2) is 11.6 Å². The fraction of sp³-hybridized carbons (Fsp3) is 0.529. The molecule has 5 unspecified atom stereocenters. The number of amides is 2. The number of aromatic nitrogens is 4. The maximum absolute atomic E-state index is 14.2. The van der Waals surface area contributed by atoms with E-state index < -0.39 is 18.1 Å². The van der Waals surface area contributed by atoms with Crippen molar-refractivity contribution in [2.75, 3.05) is 82.4 Å². The van der Waals surface area contributed by atoms with Gasteiger partial charge in [0.25, 0.3) is 5.88 Å². The van der Waals surface area contributed by atoms with Crippen LogP contribution >= 0.6 is 11.3 Å². The van der Waals surface area contributed by atoms with Crippen LogP contribution in [-0.4, -0.2) is 148 Å². The van der Waals surface area contributed by atoms with E-state index in [4.69, 9.17) is 9.26 Å². The van der Waals surface area contributed by atoms with Crippen LogP contribution in [0.15, 0.2) is 70.7 Å². The highest BCUT2D eigenvalue weighted by molar-refractivity contribution is 7.13. The number of hydrogen-bond acceptors (Lipinski definition) is 15. The van der Waals surface area contributed by atoms with E-state index in [-0.39, 0.29) is 42.5 Å². The standard InChI is InChI=1S/C49H62N10O6S.C2H6/c1-30(2)45(49(63)59-28-37(60)22-41(59)48(62)51-31(3)34-10-12-35(13-11-34)46-32(4)50-29-66-46)43-24-44(54-65-43)64-21-20-56-16-14-33(15-17-56)25-57-18-19-58-36(27-57)26-55(5)47-40(58)23-39(52-53-47)38-8-6-7-9-42(38)61;1-2/h6-13,23-24,29-31,33,36-37,41,45,60-61H,14-22,25-28H2,1-5H3,(H,51,62);1-2H3. The zero-order chi connectivity index (χ0) is 48.1. The molecule has 5 aromatic rings. The number of carbonyl (C=O) groups excluding carboxylic acids is 2. The van der Waals surface area contributed by atoms with Crippen molar-refractivity contribution >= 4 is 34.7 Å². The number of rotatable bonds is 14. The molecule has 0 radical (unpaired) electrons. The molecule has 3 fully saturated rings. The van der Waals surface area contributed by atoms with Crippen molar-refractivity contribution in [3.63, 3.8) is 0 Å². The maximum Gasteiger partial charge on any atom is 0.254 e. The number of nitrogens with one attached hydrogen (secondary N) is 1. The molecule has 17 heteroatoms. The number of thiazole rings is 1. The molecule has 3 saturated heterocycles. The van der Waals surface area contributed by atoms with E-state index in [1.165, 1.54) is 4.90 Å². The largest absolute Gasteiger partial charge is 0.507 e. The summed E-state index contributed by atoms with van der Waals surface area (Å²) < 4.78 is 11.8. The fourth-order valence-corrected chi connectivity index (χ4v) is 11.1. The third-order valence-corrected chi connectivity index (χ3v) is 14.9. The van der Waals surface area contributed by atoms with Gasteiger partial charge in [0.2, 0.25) is 11.8 Å². The molecule has 7 heterocycles. The average Bonchev–Trinajstić information content (AvgIpc) is 4.10. The van der Waals surface area contributed by atoms with Crippen LogP contribution in [0, 0.1) is 18.8 Å². The number of likely N-dealkylation sites (tertiary alicyclic amines) is 2. The summed E-state index contributed by atoms with van der Waals surface area (Å²) in [4.78, 5) is 44.7. The number of likely N-dealkylation sites (N-methyl/N-ethyl adjacent to an activating group) is 1. The smallest absolute Gasteiger partial charge is 0.254 e. The highest BCUT2D eigenvalue weighted by Gasteiger charge is 2.44. The predicted octanol–water partition coefficient (Wildman–Crippen LogP) is 6.61. The van der Waals surface area contributed by atoms with Crippen LogP contribution in [0.5, 0.6) is 11.6 Å². The number of piperidine rings is 1. The Morgan fingerprint density at radius 1 is 0.956 bits per heavy atom. The Labute approximate surface area is 404 Å². The molecule has 4 aliphatic rings. The van der Waals surface area contributed by atoms with Crippen LogP contribution < -0.4 is 19.9 Å². The lowest BCUT2D eigenvalue weighted by molar-refractivity contribution is -0.141. The number of fused-ring (bicyclic) bond motifs is 3. The van der Waals surface area contributed by atoms with E-state index in [0.717, 1.165) is 98.4 Å². The van der Waals surface area contributed by atoms with Gasteiger partial charge in [0.05, 0.1) is 45.7 Å². The van der Waals surface area contributed by atoms with Gasteiger partial charge in [-0.3, -0.25) is 19.4 Å². The Bertz CT molecular complexity index is 2470. The molecule has 0 spiro atoms. The quantitative estimate of drug-likeness (QED) is 0.108. The van der Waals surface area contributed by atoms with E-state index in [1.54, 1.807) is 23.5 Å².